The van der Waals surface area contributed by atoms with Gasteiger partial charge in [-0.1, -0.05) is 41.4 Å². The van der Waals surface area contributed by atoms with Crippen molar-refractivity contribution in [2.75, 3.05) is 7.11 Å². The number of halogens is 3. The molecule has 162 valence electrons. The van der Waals surface area contributed by atoms with Crippen LogP contribution in [0.3, 0.4) is 0 Å². The van der Waals surface area contributed by atoms with Gasteiger partial charge in [0.2, 0.25) is 5.90 Å². The van der Waals surface area contributed by atoms with Crippen LogP contribution >= 0.6 is 23.2 Å². The first-order valence-corrected chi connectivity index (χ1v) is 10.2. The molecule has 0 saturated heterocycles. The molecule has 0 unspecified atom stereocenters. The number of carbonyl (C=O) groups excluding carboxylic acids is 1. The average Bonchev–Trinajstić information content (AvgIpc) is 3.14. The largest absolute Gasteiger partial charge is 0.493 e. The van der Waals surface area contributed by atoms with Crippen molar-refractivity contribution >= 4 is 41.1 Å². The summed E-state index contributed by atoms with van der Waals surface area (Å²) < 4.78 is 29.9. The van der Waals surface area contributed by atoms with E-state index in [4.69, 9.17) is 37.4 Å². The maximum Gasteiger partial charge on any atom is 0.363 e. The molecule has 0 aromatic heterocycles. The Labute approximate surface area is 193 Å². The fourth-order valence-corrected chi connectivity index (χ4v) is 3.46. The second-order valence-corrected chi connectivity index (χ2v) is 7.62. The van der Waals surface area contributed by atoms with Crippen LogP contribution in [0, 0.1) is 5.82 Å². The van der Waals surface area contributed by atoms with E-state index >= 15 is 0 Å². The van der Waals surface area contributed by atoms with Gasteiger partial charge in [0.1, 0.15) is 12.4 Å². The summed E-state index contributed by atoms with van der Waals surface area (Å²) in [6, 6.07) is 16.0. The normalized spacial score (nSPS) is 14.3. The van der Waals surface area contributed by atoms with Gasteiger partial charge in [-0.05, 0) is 54.1 Å². The number of hydrogen-bond acceptors (Lipinski definition) is 5. The lowest BCUT2D eigenvalue weighted by Crippen LogP contribution is -2.05. The Morgan fingerprint density at radius 3 is 2.66 bits per heavy atom. The summed E-state index contributed by atoms with van der Waals surface area (Å²) in [5, 5.41) is 1.05. The summed E-state index contributed by atoms with van der Waals surface area (Å²) >= 11 is 12.1. The number of ether oxygens (including phenoxy) is 3. The van der Waals surface area contributed by atoms with Crippen molar-refractivity contribution < 1.29 is 23.4 Å². The molecule has 4 rings (SSSR count). The number of rotatable bonds is 6. The van der Waals surface area contributed by atoms with E-state index in [0.717, 1.165) is 5.56 Å². The molecule has 0 fully saturated rings. The highest BCUT2D eigenvalue weighted by Crippen LogP contribution is 2.31. The molecule has 0 N–H and O–H groups in total. The highest BCUT2D eigenvalue weighted by molar-refractivity contribution is 6.35. The molecular formula is C24H16Cl2FNO4. The Hall–Kier alpha value is -3.35. The average molecular weight is 472 g/mol. The molecule has 0 aliphatic carbocycles. The number of carbonyl (C=O) groups is 1. The number of hydrogen-bond donors (Lipinski definition) is 0. The second-order valence-electron chi connectivity index (χ2n) is 6.78. The predicted molar refractivity (Wildman–Crippen MR) is 121 cm³/mol. The molecular weight excluding hydrogens is 456 g/mol. The van der Waals surface area contributed by atoms with Crippen molar-refractivity contribution in [1.29, 1.82) is 0 Å². The van der Waals surface area contributed by atoms with E-state index in [0.29, 0.717) is 32.7 Å². The summed E-state index contributed by atoms with van der Waals surface area (Å²) in [5.41, 5.74) is 1.89. The van der Waals surface area contributed by atoms with Crippen LogP contribution < -0.4 is 9.47 Å². The summed E-state index contributed by atoms with van der Waals surface area (Å²) in [7, 11) is 1.51. The maximum absolute atomic E-state index is 13.4. The van der Waals surface area contributed by atoms with Crippen LogP contribution in [0.5, 0.6) is 11.5 Å². The highest BCUT2D eigenvalue weighted by atomic mass is 35.5. The molecule has 0 amide bonds. The molecule has 0 saturated carbocycles. The Kier molecular flexibility index (Phi) is 6.44. The molecule has 0 radical (unpaired) electrons. The molecule has 0 spiro atoms. The fourth-order valence-electron chi connectivity index (χ4n) is 3.00. The van der Waals surface area contributed by atoms with Crippen LogP contribution in [0.1, 0.15) is 16.7 Å². The molecule has 3 aromatic rings. The van der Waals surface area contributed by atoms with E-state index in [1.54, 1.807) is 48.5 Å². The summed E-state index contributed by atoms with van der Waals surface area (Å²) in [6.07, 6.45) is 1.55. The number of aliphatic imine (C=N–C) groups is 1. The molecule has 5 nitrogen and oxygen atoms in total. The number of nitrogens with zero attached hydrogens (tertiary/aromatic N) is 1. The second kappa shape index (κ2) is 9.42. The SMILES string of the molecule is COc1cc(/C=C2\N=C(c3cccc(F)c3)OC2=O)ccc1OCc1ccc(Cl)cc1Cl. The zero-order valence-electron chi connectivity index (χ0n) is 16.8. The van der Waals surface area contributed by atoms with Crippen molar-refractivity contribution in [2.45, 2.75) is 6.61 Å². The Bertz CT molecular complexity index is 1260. The minimum atomic E-state index is -0.624. The van der Waals surface area contributed by atoms with E-state index in [9.17, 15) is 9.18 Å². The minimum absolute atomic E-state index is 0.0486. The van der Waals surface area contributed by atoms with Gasteiger partial charge in [-0.3, -0.25) is 0 Å². The Balaban J connectivity index is 1.54. The first kappa shape index (κ1) is 21.9. The third-order valence-corrected chi connectivity index (χ3v) is 5.17. The van der Waals surface area contributed by atoms with Crippen molar-refractivity contribution in [1.82, 2.24) is 0 Å². The predicted octanol–water partition coefficient (Wildman–Crippen LogP) is 6.06. The van der Waals surface area contributed by atoms with Crippen LogP contribution in [-0.4, -0.2) is 19.0 Å². The zero-order valence-corrected chi connectivity index (χ0v) is 18.3. The first-order chi connectivity index (χ1) is 15.4. The van der Waals surface area contributed by atoms with Gasteiger partial charge < -0.3 is 14.2 Å². The number of esters is 1. The maximum atomic E-state index is 13.4. The van der Waals surface area contributed by atoms with Crippen LogP contribution in [0.25, 0.3) is 6.08 Å². The summed E-state index contributed by atoms with van der Waals surface area (Å²) in [4.78, 5) is 16.4. The van der Waals surface area contributed by atoms with E-state index in [1.807, 2.05) is 0 Å². The van der Waals surface area contributed by atoms with Crippen LogP contribution in [-0.2, 0) is 16.1 Å². The van der Waals surface area contributed by atoms with Gasteiger partial charge in [0.05, 0.1) is 7.11 Å². The number of benzene rings is 3. The van der Waals surface area contributed by atoms with Gasteiger partial charge in [0, 0.05) is 21.2 Å². The molecule has 1 aliphatic rings. The number of cyclic esters (lactones) is 1. The van der Waals surface area contributed by atoms with E-state index in [1.165, 1.54) is 25.3 Å². The first-order valence-electron chi connectivity index (χ1n) is 9.46. The third kappa shape index (κ3) is 4.93. The number of methoxy groups -OCH3 is 1. The lowest BCUT2D eigenvalue weighted by molar-refractivity contribution is -0.129. The van der Waals surface area contributed by atoms with E-state index < -0.39 is 11.8 Å². The Morgan fingerprint density at radius 1 is 1.06 bits per heavy atom. The quantitative estimate of drug-likeness (QED) is 0.323. The van der Waals surface area contributed by atoms with Gasteiger partial charge in [0.15, 0.2) is 17.2 Å². The highest BCUT2D eigenvalue weighted by Gasteiger charge is 2.24. The monoisotopic (exact) mass is 471 g/mol. The topological polar surface area (TPSA) is 57.1 Å². The lowest BCUT2D eigenvalue weighted by atomic mass is 10.1. The molecule has 0 bridgehead atoms. The van der Waals surface area contributed by atoms with Gasteiger partial charge in [-0.25, -0.2) is 14.2 Å². The van der Waals surface area contributed by atoms with E-state index in [-0.39, 0.29) is 18.2 Å². The molecule has 1 aliphatic heterocycles. The van der Waals surface area contributed by atoms with Gasteiger partial charge >= 0.3 is 5.97 Å². The lowest BCUT2D eigenvalue weighted by Gasteiger charge is -2.12. The molecule has 3 aromatic carbocycles. The summed E-state index contributed by atoms with van der Waals surface area (Å²) in [5.74, 6) is -0.0592. The van der Waals surface area contributed by atoms with Crippen LogP contribution in [0.15, 0.2) is 71.4 Å². The van der Waals surface area contributed by atoms with E-state index in [2.05, 4.69) is 4.99 Å². The van der Waals surface area contributed by atoms with Crippen molar-refractivity contribution in [2.24, 2.45) is 4.99 Å². The standard InChI is InChI=1S/C24H16Cl2FNO4/c1-30-22-10-14(5-8-21(22)31-13-16-6-7-17(25)12-19(16)26)9-20-24(29)32-23(28-20)15-3-2-4-18(27)11-15/h2-12H,13H2,1H3/b20-9-. The molecule has 8 heteroatoms. The smallest absolute Gasteiger partial charge is 0.363 e. The van der Waals surface area contributed by atoms with Crippen molar-refractivity contribution in [3.8, 4) is 11.5 Å². The van der Waals surface area contributed by atoms with Crippen molar-refractivity contribution in [3.63, 3.8) is 0 Å². The minimum Gasteiger partial charge on any atom is -0.493 e. The molecule has 0 atom stereocenters. The Morgan fingerprint density at radius 2 is 1.91 bits per heavy atom. The fraction of sp³-hybridized carbons (Fsp3) is 0.0833. The van der Waals surface area contributed by atoms with Crippen LogP contribution in [0.2, 0.25) is 10.0 Å². The van der Waals surface area contributed by atoms with Crippen molar-refractivity contribution in [3.05, 3.63) is 98.9 Å². The van der Waals surface area contributed by atoms with Gasteiger partial charge in [-0.2, -0.15) is 0 Å². The molecule has 1 heterocycles. The summed E-state index contributed by atoms with van der Waals surface area (Å²) in [6.45, 7) is 0.223. The molecule has 32 heavy (non-hydrogen) atoms. The van der Waals surface area contributed by atoms with Gasteiger partial charge in [0.25, 0.3) is 0 Å². The zero-order chi connectivity index (χ0) is 22.7. The third-order valence-electron chi connectivity index (χ3n) is 4.58. The van der Waals surface area contributed by atoms with Crippen LogP contribution in [0.4, 0.5) is 4.39 Å². The van der Waals surface area contributed by atoms with Gasteiger partial charge in [-0.15, -0.1) is 0 Å².